The van der Waals surface area contributed by atoms with Gasteiger partial charge in [-0.1, -0.05) is 0 Å². The smallest absolute Gasteiger partial charge is 0.267 e. The first-order valence-electron chi connectivity index (χ1n) is 8.35. The van der Waals surface area contributed by atoms with Crippen LogP contribution in [0, 0.1) is 6.92 Å². The fourth-order valence-corrected chi connectivity index (χ4v) is 2.78. The molecule has 25 heavy (non-hydrogen) atoms. The molecule has 1 N–H and O–H groups in total. The number of carbonyl (C=O) groups is 2. The van der Waals surface area contributed by atoms with E-state index >= 15 is 0 Å². The van der Waals surface area contributed by atoms with Gasteiger partial charge >= 0.3 is 0 Å². The van der Waals surface area contributed by atoms with Crippen molar-refractivity contribution in [1.29, 1.82) is 0 Å². The number of hydrogen-bond acceptors (Lipinski definition) is 6. The molecule has 0 radical (unpaired) electrons. The highest BCUT2D eigenvalue weighted by Gasteiger charge is 2.31. The molecule has 0 aromatic carbocycles. The van der Waals surface area contributed by atoms with Crippen LogP contribution in [-0.2, 0) is 14.3 Å². The average molecular weight is 346 g/mol. The van der Waals surface area contributed by atoms with E-state index in [0.29, 0.717) is 43.9 Å². The van der Waals surface area contributed by atoms with Crippen molar-refractivity contribution in [1.82, 2.24) is 15.3 Å². The molecule has 2 atom stereocenters. The lowest BCUT2D eigenvalue weighted by Crippen LogP contribution is -2.53. The highest BCUT2D eigenvalue weighted by Crippen LogP contribution is 2.18. The van der Waals surface area contributed by atoms with Crippen molar-refractivity contribution in [2.75, 3.05) is 20.3 Å². The number of pyridine rings is 1. The summed E-state index contributed by atoms with van der Waals surface area (Å²) in [6, 6.07) is 3.53. The van der Waals surface area contributed by atoms with E-state index in [9.17, 15) is 9.59 Å². The zero-order chi connectivity index (χ0) is 17.8. The van der Waals surface area contributed by atoms with E-state index in [1.54, 1.807) is 13.2 Å². The fraction of sp³-hybridized carbons (Fsp3) is 0.529. The number of ether oxygens (including phenoxy) is 2. The maximum atomic E-state index is 12.5. The Kier molecular flexibility index (Phi) is 5.28. The van der Waals surface area contributed by atoms with Crippen molar-refractivity contribution in [2.45, 2.75) is 38.3 Å². The van der Waals surface area contributed by atoms with Gasteiger partial charge in [-0.2, -0.15) is 5.10 Å². The number of aryl methyl sites for hydroxylation is 1. The molecule has 0 spiro atoms. The van der Waals surface area contributed by atoms with Gasteiger partial charge in [-0.3, -0.25) is 14.6 Å². The lowest BCUT2D eigenvalue weighted by Gasteiger charge is -2.32. The minimum atomic E-state index is -0.300. The molecule has 3 rings (SSSR count). The summed E-state index contributed by atoms with van der Waals surface area (Å²) in [5, 5.41) is 8.24. The molecular weight excluding hydrogens is 324 g/mol. The number of hydrogen-bond donors (Lipinski definition) is 1. The summed E-state index contributed by atoms with van der Waals surface area (Å²) in [6.45, 7) is 2.86. The van der Waals surface area contributed by atoms with Crippen LogP contribution >= 0.6 is 0 Å². The Bertz CT molecular complexity index is 674. The zero-order valence-corrected chi connectivity index (χ0v) is 14.4. The van der Waals surface area contributed by atoms with Crippen molar-refractivity contribution in [3.8, 4) is 5.75 Å². The van der Waals surface area contributed by atoms with Crippen molar-refractivity contribution in [2.24, 2.45) is 5.10 Å². The Morgan fingerprint density at radius 2 is 2.24 bits per heavy atom. The molecule has 0 bridgehead atoms. The van der Waals surface area contributed by atoms with Crippen LogP contribution in [0.1, 0.15) is 25.0 Å². The third-order valence-corrected chi connectivity index (χ3v) is 4.26. The first-order chi connectivity index (χ1) is 12.0. The van der Waals surface area contributed by atoms with Crippen LogP contribution in [0.15, 0.2) is 23.4 Å². The van der Waals surface area contributed by atoms with Gasteiger partial charge in [0, 0.05) is 32.2 Å². The molecule has 1 saturated heterocycles. The number of carbonyl (C=O) groups excluding carboxylic acids is 2. The molecule has 2 aliphatic heterocycles. The minimum Gasteiger partial charge on any atom is -0.484 e. The van der Waals surface area contributed by atoms with Crippen molar-refractivity contribution in [3.63, 3.8) is 0 Å². The third-order valence-electron chi connectivity index (χ3n) is 4.26. The van der Waals surface area contributed by atoms with Gasteiger partial charge in [-0.15, -0.1) is 0 Å². The van der Waals surface area contributed by atoms with Gasteiger partial charge in [0.1, 0.15) is 17.6 Å². The summed E-state index contributed by atoms with van der Waals surface area (Å²) in [4.78, 5) is 28.2. The Balaban J connectivity index is 1.64. The van der Waals surface area contributed by atoms with Crippen LogP contribution in [0.5, 0.6) is 5.75 Å². The molecule has 0 aliphatic carbocycles. The minimum absolute atomic E-state index is 0.0873. The van der Waals surface area contributed by atoms with Crippen molar-refractivity contribution < 1.29 is 19.1 Å². The van der Waals surface area contributed by atoms with Crippen LogP contribution in [0.2, 0.25) is 0 Å². The molecule has 8 heteroatoms. The lowest BCUT2D eigenvalue weighted by molar-refractivity contribution is -0.130. The summed E-state index contributed by atoms with van der Waals surface area (Å²) in [6.07, 6.45) is 2.66. The Morgan fingerprint density at radius 1 is 1.40 bits per heavy atom. The molecule has 134 valence electrons. The van der Waals surface area contributed by atoms with Crippen LogP contribution < -0.4 is 10.1 Å². The Morgan fingerprint density at radius 3 is 2.96 bits per heavy atom. The van der Waals surface area contributed by atoms with Crippen molar-refractivity contribution in [3.05, 3.63) is 24.0 Å². The molecule has 0 unspecified atom stereocenters. The molecule has 1 fully saturated rings. The molecule has 2 amide bonds. The van der Waals surface area contributed by atoms with Crippen LogP contribution in [0.4, 0.5) is 0 Å². The summed E-state index contributed by atoms with van der Waals surface area (Å²) in [7, 11) is 1.56. The molecule has 1 aromatic heterocycles. The SMILES string of the molecule is Cc1ccc(O[C@@H]2COCC[C@@H]2NC(=O)C2=NN(C)C(=O)CC2)cn1. The monoisotopic (exact) mass is 346 g/mol. The standard InChI is InChI=1S/C17H22N4O4/c1-11-3-4-12(9-18-11)25-15-10-24-8-7-13(15)19-17(23)14-5-6-16(22)21(2)20-14/h3-4,9,13,15H,5-8,10H2,1-2H3,(H,19,23)/t13-,15+/m0/s1. The van der Waals surface area contributed by atoms with Gasteiger partial charge in [0.05, 0.1) is 18.8 Å². The molecule has 1 aromatic rings. The predicted octanol–water partition coefficient (Wildman–Crippen LogP) is 0.651. The second-order valence-electron chi connectivity index (χ2n) is 6.20. The van der Waals surface area contributed by atoms with Gasteiger partial charge < -0.3 is 14.8 Å². The fourth-order valence-electron chi connectivity index (χ4n) is 2.78. The predicted molar refractivity (Wildman–Crippen MR) is 90.2 cm³/mol. The number of rotatable bonds is 4. The number of aromatic nitrogens is 1. The van der Waals surface area contributed by atoms with E-state index in [-0.39, 0.29) is 24.0 Å². The highest BCUT2D eigenvalue weighted by atomic mass is 16.5. The van der Waals surface area contributed by atoms with Gasteiger partial charge in [0.25, 0.3) is 5.91 Å². The summed E-state index contributed by atoms with van der Waals surface area (Å²) in [5.41, 5.74) is 1.27. The van der Waals surface area contributed by atoms with Gasteiger partial charge in [0.2, 0.25) is 5.91 Å². The number of nitrogens with one attached hydrogen (secondary N) is 1. The van der Waals surface area contributed by atoms with E-state index in [1.807, 2.05) is 19.1 Å². The lowest BCUT2D eigenvalue weighted by atomic mass is 10.0. The first-order valence-corrected chi connectivity index (χ1v) is 8.35. The Labute approximate surface area is 146 Å². The van der Waals surface area contributed by atoms with Gasteiger partial charge in [-0.05, 0) is 25.5 Å². The third kappa shape index (κ3) is 4.33. The van der Waals surface area contributed by atoms with E-state index in [0.717, 1.165) is 5.69 Å². The quantitative estimate of drug-likeness (QED) is 0.864. The van der Waals surface area contributed by atoms with Gasteiger partial charge in [-0.25, -0.2) is 5.01 Å². The molecule has 2 aliphatic rings. The van der Waals surface area contributed by atoms with Crippen LogP contribution in [0.25, 0.3) is 0 Å². The zero-order valence-electron chi connectivity index (χ0n) is 14.4. The average Bonchev–Trinajstić information content (AvgIpc) is 2.61. The first kappa shape index (κ1) is 17.3. The van der Waals surface area contributed by atoms with Gasteiger partial charge in [0.15, 0.2) is 0 Å². The molecular formula is C17H22N4O4. The second kappa shape index (κ2) is 7.60. The normalized spacial score (nSPS) is 23.8. The van der Waals surface area contributed by atoms with Crippen LogP contribution in [-0.4, -0.2) is 59.9 Å². The summed E-state index contributed by atoms with van der Waals surface area (Å²) >= 11 is 0. The maximum Gasteiger partial charge on any atom is 0.267 e. The van der Waals surface area contributed by atoms with E-state index in [2.05, 4.69) is 15.4 Å². The van der Waals surface area contributed by atoms with Crippen LogP contribution in [0.3, 0.4) is 0 Å². The summed E-state index contributed by atoms with van der Waals surface area (Å²) in [5.74, 6) is 0.290. The topological polar surface area (TPSA) is 93.1 Å². The highest BCUT2D eigenvalue weighted by molar-refractivity contribution is 6.39. The largest absolute Gasteiger partial charge is 0.484 e. The summed E-state index contributed by atoms with van der Waals surface area (Å²) < 4.78 is 11.4. The van der Waals surface area contributed by atoms with E-state index in [1.165, 1.54) is 5.01 Å². The second-order valence-corrected chi connectivity index (χ2v) is 6.20. The molecule has 8 nitrogen and oxygen atoms in total. The number of nitrogens with zero attached hydrogens (tertiary/aromatic N) is 3. The number of amides is 2. The van der Waals surface area contributed by atoms with E-state index < -0.39 is 0 Å². The van der Waals surface area contributed by atoms with Crippen molar-refractivity contribution >= 4 is 17.5 Å². The molecule has 3 heterocycles. The number of hydrazone groups is 1. The van der Waals surface area contributed by atoms with E-state index in [4.69, 9.17) is 9.47 Å². The molecule has 0 saturated carbocycles. The Hall–Kier alpha value is -2.48. The maximum absolute atomic E-state index is 12.5.